The highest BCUT2D eigenvalue weighted by molar-refractivity contribution is 5.82. The Labute approximate surface area is 182 Å². The lowest BCUT2D eigenvalue weighted by molar-refractivity contribution is -0.138. The lowest BCUT2D eigenvalue weighted by Gasteiger charge is -2.33. The smallest absolute Gasteiger partial charge is 0.247 e. The predicted molar refractivity (Wildman–Crippen MR) is 114 cm³/mol. The summed E-state index contributed by atoms with van der Waals surface area (Å²) in [5.74, 6) is 0.169. The lowest BCUT2D eigenvalue weighted by Crippen LogP contribution is -2.46. The zero-order valence-corrected chi connectivity index (χ0v) is 18.3. The first kappa shape index (κ1) is 22.8. The summed E-state index contributed by atoms with van der Waals surface area (Å²) in [7, 11) is 0. The standard InChI is InChI=1S/C22H31FN6O2/c1-3-4-5-12-24-21(30)18-10-13-28(14-11-18)22(31)20(29-16(2)25-26-27-29)15-17-6-8-19(23)9-7-17/h6-9,18,20H,3-5,10-15H2,1-2H3,(H,24,30)/t20-/m1/s1. The Kier molecular flexibility index (Phi) is 8.08. The maximum atomic E-state index is 13.4. The third kappa shape index (κ3) is 6.08. The van der Waals surface area contributed by atoms with Crippen LogP contribution in [0.1, 0.15) is 56.5 Å². The Hall–Kier alpha value is -2.84. The van der Waals surface area contributed by atoms with E-state index >= 15 is 0 Å². The third-order valence-electron chi connectivity index (χ3n) is 5.84. The molecule has 2 aromatic rings. The van der Waals surface area contributed by atoms with Crippen molar-refractivity contribution in [1.82, 2.24) is 30.4 Å². The maximum Gasteiger partial charge on any atom is 0.247 e. The minimum Gasteiger partial charge on any atom is -0.356 e. The highest BCUT2D eigenvalue weighted by Crippen LogP contribution is 2.23. The summed E-state index contributed by atoms with van der Waals surface area (Å²) in [6, 6.07) is 5.50. The normalized spacial score (nSPS) is 15.6. The molecular weight excluding hydrogens is 399 g/mol. The first-order valence-electron chi connectivity index (χ1n) is 11.0. The number of amides is 2. The van der Waals surface area contributed by atoms with Crippen molar-refractivity contribution >= 4 is 11.8 Å². The maximum absolute atomic E-state index is 13.4. The van der Waals surface area contributed by atoms with Gasteiger partial charge >= 0.3 is 0 Å². The number of benzene rings is 1. The van der Waals surface area contributed by atoms with Crippen LogP contribution in [0.4, 0.5) is 4.39 Å². The first-order valence-corrected chi connectivity index (χ1v) is 11.0. The molecular formula is C22H31FN6O2. The molecule has 0 bridgehead atoms. The Morgan fingerprint density at radius 1 is 1.19 bits per heavy atom. The van der Waals surface area contributed by atoms with Gasteiger partial charge in [-0.15, -0.1) is 5.10 Å². The number of hydrogen-bond acceptors (Lipinski definition) is 5. The molecule has 1 aromatic carbocycles. The second kappa shape index (κ2) is 11.0. The average molecular weight is 431 g/mol. The second-order valence-corrected chi connectivity index (χ2v) is 8.11. The molecule has 0 spiro atoms. The molecule has 1 atom stereocenters. The summed E-state index contributed by atoms with van der Waals surface area (Å²) >= 11 is 0. The number of nitrogens with zero attached hydrogens (tertiary/aromatic N) is 5. The minimum absolute atomic E-state index is 0.0593. The molecule has 3 rings (SSSR count). The van der Waals surface area contributed by atoms with Crippen LogP contribution < -0.4 is 5.32 Å². The van der Waals surface area contributed by atoms with Crippen LogP contribution in [0.3, 0.4) is 0 Å². The molecule has 1 N–H and O–H groups in total. The van der Waals surface area contributed by atoms with Crippen LogP contribution in [0.5, 0.6) is 0 Å². The molecule has 2 heterocycles. The van der Waals surface area contributed by atoms with E-state index in [4.69, 9.17) is 0 Å². The fraction of sp³-hybridized carbons (Fsp3) is 0.591. The van der Waals surface area contributed by atoms with E-state index in [2.05, 4.69) is 27.8 Å². The van der Waals surface area contributed by atoms with Crippen LogP contribution in [0.2, 0.25) is 0 Å². The Morgan fingerprint density at radius 3 is 2.52 bits per heavy atom. The quantitative estimate of drug-likeness (QED) is 0.617. The molecule has 0 radical (unpaired) electrons. The lowest BCUT2D eigenvalue weighted by atomic mass is 9.94. The molecule has 1 aliphatic rings. The highest BCUT2D eigenvalue weighted by Gasteiger charge is 2.33. The largest absolute Gasteiger partial charge is 0.356 e. The molecule has 0 unspecified atom stereocenters. The number of halogens is 1. The number of aromatic nitrogens is 4. The van der Waals surface area contributed by atoms with E-state index in [1.165, 1.54) is 16.8 Å². The number of unbranched alkanes of at least 4 members (excludes halogenated alkanes) is 2. The van der Waals surface area contributed by atoms with Gasteiger partial charge in [-0.2, -0.15) is 0 Å². The Balaban J connectivity index is 1.62. The van der Waals surface area contributed by atoms with Gasteiger partial charge < -0.3 is 10.2 Å². The van der Waals surface area contributed by atoms with Crippen molar-refractivity contribution in [3.8, 4) is 0 Å². The second-order valence-electron chi connectivity index (χ2n) is 8.11. The minimum atomic E-state index is -0.611. The molecule has 0 aliphatic carbocycles. The van der Waals surface area contributed by atoms with E-state index in [1.807, 2.05) is 0 Å². The van der Waals surface area contributed by atoms with Gasteiger partial charge in [-0.1, -0.05) is 31.9 Å². The van der Waals surface area contributed by atoms with Gasteiger partial charge in [0.05, 0.1) is 0 Å². The van der Waals surface area contributed by atoms with E-state index in [1.54, 1.807) is 24.0 Å². The topological polar surface area (TPSA) is 93.0 Å². The molecule has 1 aromatic heterocycles. The first-order chi connectivity index (χ1) is 15.0. The van der Waals surface area contributed by atoms with Gasteiger partial charge in [0.2, 0.25) is 11.8 Å². The van der Waals surface area contributed by atoms with E-state index in [0.717, 1.165) is 24.8 Å². The highest BCUT2D eigenvalue weighted by atomic mass is 19.1. The van der Waals surface area contributed by atoms with Gasteiger partial charge in [0, 0.05) is 32.0 Å². The van der Waals surface area contributed by atoms with Crippen molar-refractivity contribution in [3.05, 3.63) is 41.5 Å². The Bertz CT molecular complexity index is 861. The number of aryl methyl sites for hydroxylation is 1. The van der Waals surface area contributed by atoms with Gasteiger partial charge in [0.15, 0.2) is 0 Å². The number of piperidine rings is 1. The fourth-order valence-corrected chi connectivity index (χ4v) is 3.95. The number of nitrogens with one attached hydrogen (secondary N) is 1. The number of likely N-dealkylation sites (tertiary alicyclic amines) is 1. The van der Waals surface area contributed by atoms with Crippen LogP contribution in [0, 0.1) is 18.7 Å². The number of carbonyl (C=O) groups excluding carboxylic acids is 2. The zero-order chi connectivity index (χ0) is 22.2. The summed E-state index contributed by atoms with van der Waals surface area (Å²) in [6.45, 7) is 5.64. The number of carbonyl (C=O) groups is 2. The molecule has 1 aliphatic heterocycles. The molecule has 1 fully saturated rings. The third-order valence-corrected chi connectivity index (χ3v) is 5.84. The van der Waals surface area contributed by atoms with Gasteiger partial charge in [-0.05, 0) is 54.3 Å². The van der Waals surface area contributed by atoms with Gasteiger partial charge in [-0.25, -0.2) is 9.07 Å². The van der Waals surface area contributed by atoms with Gasteiger partial charge in [-0.3, -0.25) is 9.59 Å². The van der Waals surface area contributed by atoms with Gasteiger partial charge in [0.25, 0.3) is 0 Å². The van der Waals surface area contributed by atoms with E-state index in [0.29, 0.717) is 44.7 Å². The van der Waals surface area contributed by atoms with Crippen molar-refractivity contribution in [2.24, 2.45) is 5.92 Å². The van der Waals surface area contributed by atoms with Crippen LogP contribution >= 0.6 is 0 Å². The molecule has 8 nitrogen and oxygen atoms in total. The van der Waals surface area contributed by atoms with Crippen molar-refractivity contribution in [2.75, 3.05) is 19.6 Å². The van der Waals surface area contributed by atoms with Crippen LogP contribution in [-0.4, -0.2) is 56.6 Å². The van der Waals surface area contributed by atoms with Crippen molar-refractivity contribution in [3.63, 3.8) is 0 Å². The summed E-state index contributed by atoms with van der Waals surface area (Å²) in [4.78, 5) is 27.6. The summed E-state index contributed by atoms with van der Waals surface area (Å²) in [6.07, 6.45) is 4.88. The van der Waals surface area contributed by atoms with E-state index in [-0.39, 0.29) is 23.5 Å². The molecule has 9 heteroatoms. The molecule has 31 heavy (non-hydrogen) atoms. The predicted octanol–water partition coefficient (Wildman–Crippen LogP) is 2.45. The monoisotopic (exact) mass is 430 g/mol. The number of rotatable bonds is 9. The zero-order valence-electron chi connectivity index (χ0n) is 18.3. The van der Waals surface area contributed by atoms with E-state index in [9.17, 15) is 14.0 Å². The van der Waals surface area contributed by atoms with Crippen LogP contribution in [0.25, 0.3) is 0 Å². The van der Waals surface area contributed by atoms with E-state index < -0.39 is 6.04 Å². The number of tetrazole rings is 1. The SMILES string of the molecule is CCCCCNC(=O)C1CCN(C(=O)[C@@H](Cc2ccc(F)cc2)n2nnnc2C)CC1. The summed E-state index contributed by atoms with van der Waals surface area (Å²) < 4.78 is 14.8. The molecule has 1 saturated heterocycles. The summed E-state index contributed by atoms with van der Waals surface area (Å²) in [5.41, 5.74) is 0.830. The van der Waals surface area contributed by atoms with Crippen LogP contribution in [-0.2, 0) is 16.0 Å². The van der Waals surface area contributed by atoms with Crippen molar-refractivity contribution in [2.45, 2.75) is 58.4 Å². The fourth-order valence-electron chi connectivity index (χ4n) is 3.95. The molecule has 2 amide bonds. The van der Waals surface area contributed by atoms with Crippen molar-refractivity contribution < 1.29 is 14.0 Å². The summed E-state index contributed by atoms with van der Waals surface area (Å²) in [5, 5.41) is 14.6. The van der Waals surface area contributed by atoms with Gasteiger partial charge in [0.1, 0.15) is 17.7 Å². The van der Waals surface area contributed by atoms with Crippen molar-refractivity contribution in [1.29, 1.82) is 0 Å². The Morgan fingerprint density at radius 2 is 1.90 bits per heavy atom. The average Bonchev–Trinajstić information content (AvgIpc) is 3.21. The number of hydrogen-bond donors (Lipinski definition) is 1. The van der Waals surface area contributed by atoms with Crippen LogP contribution in [0.15, 0.2) is 24.3 Å². The molecule has 0 saturated carbocycles. The molecule has 168 valence electrons.